The van der Waals surface area contributed by atoms with Gasteiger partial charge in [0.15, 0.2) is 0 Å². The number of nitrogens with two attached hydrogens (primary N) is 1. The fourth-order valence-corrected chi connectivity index (χ4v) is 2.57. The topological polar surface area (TPSA) is 75.4 Å². The van der Waals surface area contributed by atoms with Crippen molar-refractivity contribution in [2.24, 2.45) is 11.7 Å². The molecule has 0 aromatic carbocycles. The molecule has 5 nitrogen and oxygen atoms in total. The molecule has 2 atom stereocenters. The van der Waals surface area contributed by atoms with E-state index in [9.17, 15) is 9.59 Å². The van der Waals surface area contributed by atoms with Crippen molar-refractivity contribution < 1.29 is 9.59 Å². The minimum atomic E-state index is -0.806. The van der Waals surface area contributed by atoms with E-state index < -0.39 is 5.54 Å². The Labute approximate surface area is 121 Å². The molecular formula is C13H26ClN3O2. The molecule has 1 rings (SSSR count). The lowest BCUT2D eigenvalue weighted by Gasteiger charge is -2.36. The Kier molecular flexibility index (Phi) is 7.37. The smallest absolute Gasteiger partial charge is 0.242 e. The molecule has 3 N–H and O–H groups in total. The van der Waals surface area contributed by atoms with Crippen molar-refractivity contribution in [3.63, 3.8) is 0 Å². The van der Waals surface area contributed by atoms with Gasteiger partial charge in [-0.05, 0) is 26.2 Å². The third-order valence-corrected chi connectivity index (χ3v) is 3.58. The molecule has 2 unspecified atom stereocenters. The Morgan fingerprint density at radius 1 is 1.47 bits per heavy atom. The molecule has 0 aromatic rings. The van der Waals surface area contributed by atoms with Gasteiger partial charge < -0.3 is 16.0 Å². The molecule has 1 saturated heterocycles. The van der Waals surface area contributed by atoms with Crippen LogP contribution in [0.4, 0.5) is 0 Å². The van der Waals surface area contributed by atoms with Gasteiger partial charge in [0.2, 0.25) is 11.8 Å². The van der Waals surface area contributed by atoms with Crippen molar-refractivity contribution in [3.05, 3.63) is 0 Å². The summed E-state index contributed by atoms with van der Waals surface area (Å²) in [7, 11) is 1.63. The van der Waals surface area contributed by atoms with E-state index in [0.717, 1.165) is 19.3 Å². The van der Waals surface area contributed by atoms with E-state index in [4.69, 9.17) is 5.73 Å². The average Bonchev–Trinajstić information content (AvgIpc) is 2.37. The van der Waals surface area contributed by atoms with Crippen LogP contribution in [-0.4, -0.2) is 42.4 Å². The SMILES string of the molecule is CCCC(C)(N)C(=O)N1CCCC(C(=O)NC)C1.Cl. The summed E-state index contributed by atoms with van der Waals surface area (Å²) in [6, 6.07) is 0. The fourth-order valence-electron chi connectivity index (χ4n) is 2.57. The zero-order valence-electron chi connectivity index (χ0n) is 12.1. The van der Waals surface area contributed by atoms with Crippen LogP contribution in [0.25, 0.3) is 0 Å². The van der Waals surface area contributed by atoms with E-state index in [1.54, 1.807) is 18.9 Å². The summed E-state index contributed by atoms with van der Waals surface area (Å²) in [4.78, 5) is 25.7. The number of hydrogen-bond acceptors (Lipinski definition) is 3. The first kappa shape index (κ1) is 18.2. The van der Waals surface area contributed by atoms with Crippen molar-refractivity contribution in [1.29, 1.82) is 0 Å². The molecule has 1 fully saturated rings. The monoisotopic (exact) mass is 291 g/mol. The average molecular weight is 292 g/mol. The zero-order chi connectivity index (χ0) is 13.8. The molecule has 0 aromatic heterocycles. The van der Waals surface area contributed by atoms with Crippen molar-refractivity contribution in [2.45, 2.75) is 45.1 Å². The quantitative estimate of drug-likeness (QED) is 0.808. The minimum absolute atomic E-state index is 0. The number of likely N-dealkylation sites (tertiary alicyclic amines) is 1. The first-order valence-electron chi connectivity index (χ1n) is 6.72. The molecule has 0 bridgehead atoms. The Hall–Kier alpha value is -0.810. The van der Waals surface area contributed by atoms with E-state index in [1.165, 1.54) is 0 Å². The van der Waals surface area contributed by atoms with Crippen LogP contribution in [-0.2, 0) is 9.59 Å². The number of carbonyl (C=O) groups excluding carboxylic acids is 2. The first-order chi connectivity index (χ1) is 8.42. The molecular weight excluding hydrogens is 266 g/mol. The molecule has 112 valence electrons. The van der Waals surface area contributed by atoms with Crippen LogP contribution in [0, 0.1) is 5.92 Å². The molecule has 1 heterocycles. The van der Waals surface area contributed by atoms with E-state index >= 15 is 0 Å². The molecule has 0 spiro atoms. The van der Waals surface area contributed by atoms with Crippen LogP contribution in [0.5, 0.6) is 0 Å². The number of rotatable bonds is 4. The second-order valence-electron chi connectivity index (χ2n) is 5.37. The van der Waals surface area contributed by atoms with E-state index in [2.05, 4.69) is 5.32 Å². The molecule has 0 radical (unpaired) electrons. The maximum atomic E-state index is 12.3. The van der Waals surface area contributed by atoms with Crippen molar-refractivity contribution in [3.8, 4) is 0 Å². The van der Waals surface area contributed by atoms with Gasteiger partial charge in [0.25, 0.3) is 0 Å². The standard InChI is InChI=1S/C13H25N3O2.ClH/c1-4-7-13(2,14)12(18)16-8-5-6-10(9-16)11(17)15-3;/h10H,4-9,14H2,1-3H3,(H,15,17);1H. The van der Waals surface area contributed by atoms with Crippen LogP contribution in [0.3, 0.4) is 0 Å². The van der Waals surface area contributed by atoms with Crippen molar-refractivity contribution in [2.75, 3.05) is 20.1 Å². The molecule has 1 aliphatic rings. The predicted molar refractivity (Wildman–Crippen MR) is 78.1 cm³/mol. The lowest BCUT2D eigenvalue weighted by atomic mass is 9.92. The highest BCUT2D eigenvalue weighted by Crippen LogP contribution is 2.21. The highest BCUT2D eigenvalue weighted by Gasteiger charge is 2.35. The van der Waals surface area contributed by atoms with Crippen LogP contribution >= 0.6 is 12.4 Å². The minimum Gasteiger partial charge on any atom is -0.359 e. The second-order valence-corrected chi connectivity index (χ2v) is 5.37. The predicted octanol–water partition coefficient (Wildman–Crippen LogP) is 0.910. The van der Waals surface area contributed by atoms with Crippen molar-refractivity contribution >= 4 is 24.2 Å². The van der Waals surface area contributed by atoms with Gasteiger partial charge in [-0.15, -0.1) is 12.4 Å². The fraction of sp³-hybridized carbons (Fsp3) is 0.846. The third kappa shape index (κ3) is 4.66. The summed E-state index contributed by atoms with van der Waals surface area (Å²) in [5.41, 5.74) is 5.26. The number of piperidine rings is 1. The van der Waals surface area contributed by atoms with Gasteiger partial charge >= 0.3 is 0 Å². The third-order valence-electron chi connectivity index (χ3n) is 3.58. The van der Waals surface area contributed by atoms with Gasteiger partial charge in [-0.3, -0.25) is 9.59 Å². The lowest BCUT2D eigenvalue weighted by Crippen LogP contribution is -2.56. The molecule has 0 saturated carbocycles. The Morgan fingerprint density at radius 2 is 2.11 bits per heavy atom. The Bertz CT molecular complexity index is 321. The van der Waals surface area contributed by atoms with Gasteiger partial charge in [-0.25, -0.2) is 0 Å². The van der Waals surface area contributed by atoms with Gasteiger partial charge in [-0.1, -0.05) is 13.3 Å². The van der Waals surface area contributed by atoms with E-state index in [0.29, 0.717) is 19.5 Å². The lowest BCUT2D eigenvalue weighted by molar-refractivity contribution is -0.140. The maximum Gasteiger partial charge on any atom is 0.242 e. The van der Waals surface area contributed by atoms with Crippen LogP contribution in [0.2, 0.25) is 0 Å². The summed E-state index contributed by atoms with van der Waals surface area (Å²) >= 11 is 0. The second kappa shape index (κ2) is 7.70. The number of nitrogens with zero attached hydrogens (tertiary/aromatic N) is 1. The molecule has 1 aliphatic heterocycles. The first-order valence-corrected chi connectivity index (χ1v) is 6.72. The summed E-state index contributed by atoms with van der Waals surface area (Å²) < 4.78 is 0. The van der Waals surface area contributed by atoms with Crippen LogP contribution in [0.15, 0.2) is 0 Å². The Morgan fingerprint density at radius 3 is 2.63 bits per heavy atom. The summed E-state index contributed by atoms with van der Waals surface area (Å²) in [5.74, 6) is -0.107. The van der Waals surface area contributed by atoms with Gasteiger partial charge in [-0.2, -0.15) is 0 Å². The van der Waals surface area contributed by atoms with Crippen LogP contribution in [0.1, 0.15) is 39.5 Å². The maximum absolute atomic E-state index is 12.3. The highest BCUT2D eigenvalue weighted by atomic mass is 35.5. The van der Waals surface area contributed by atoms with Gasteiger partial charge in [0, 0.05) is 20.1 Å². The summed E-state index contributed by atoms with van der Waals surface area (Å²) in [6.45, 7) is 5.00. The summed E-state index contributed by atoms with van der Waals surface area (Å²) in [6.07, 6.45) is 3.27. The normalized spacial score (nSPS) is 22.1. The highest BCUT2D eigenvalue weighted by molar-refractivity contribution is 5.87. The molecule has 2 amide bonds. The van der Waals surface area contributed by atoms with Gasteiger partial charge in [0.1, 0.15) is 0 Å². The number of nitrogens with one attached hydrogen (secondary N) is 1. The molecule has 0 aliphatic carbocycles. The largest absolute Gasteiger partial charge is 0.359 e. The molecule has 6 heteroatoms. The van der Waals surface area contributed by atoms with Gasteiger partial charge in [0.05, 0.1) is 11.5 Å². The molecule has 19 heavy (non-hydrogen) atoms. The number of carbonyl (C=O) groups is 2. The number of hydrogen-bond donors (Lipinski definition) is 2. The number of halogens is 1. The number of amides is 2. The zero-order valence-corrected chi connectivity index (χ0v) is 12.9. The summed E-state index contributed by atoms with van der Waals surface area (Å²) in [5, 5.41) is 2.65. The van der Waals surface area contributed by atoms with E-state index in [-0.39, 0.29) is 30.1 Å². The Balaban J connectivity index is 0.00000324. The van der Waals surface area contributed by atoms with Crippen LogP contribution < -0.4 is 11.1 Å². The van der Waals surface area contributed by atoms with E-state index in [1.807, 2.05) is 6.92 Å². The van der Waals surface area contributed by atoms with Crippen molar-refractivity contribution in [1.82, 2.24) is 10.2 Å².